The van der Waals surface area contributed by atoms with Gasteiger partial charge in [-0.25, -0.2) is 4.98 Å². The van der Waals surface area contributed by atoms with Crippen LogP contribution in [-0.2, 0) is 6.18 Å². The van der Waals surface area contributed by atoms with Crippen molar-refractivity contribution < 1.29 is 28.5 Å². The van der Waals surface area contributed by atoms with Crippen molar-refractivity contribution in [3.63, 3.8) is 0 Å². The van der Waals surface area contributed by atoms with Gasteiger partial charge in [0.15, 0.2) is 0 Å². The van der Waals surface area contributed by atoms with Crippen molar-refractivity contribution in [2.24, 2.45) is 0 Å². The lowest BCUT2D eigenvalue weighted by molar-refractivity contribution is -0.137. The van der Waals surface area contributed by atoms with E-state index in [1.165, 1.54) is 18.2 Å². The highest BCUT2D eigenvalue weighted by Crippen LogP contribution is 2.43. The zero-order valence-corrected chi connectivity index (χ0v) is 20.1. The van der Waals surface area contributed by atoms with E-state index in [0.29, 0.717) is 43.1 Å². The summed E-state index contributed by atoms with van der Waals surface area (Å²) in [5, 5.41) is 34.1. The molecule has 2 aromatic carbocycles. The maximum Gasteiger partial charge on any atom is 0.416 e. The van der Waals surface area contributed by atoms with E-state index in [0.717, 1.165) is 23.5 Å². The lowest BCUT2D eigenvalue weighted by Crippen LogP contribution is -2.52. The molecule has 2 aliphatic rings. The molecule has 3 aromatic rings. The third-order valence-corrected chi connectivity index (χ3v) is 6.98. The molecule has 8 nitrogen and oxygen atoms in total. The van der Waals surface area contributed by atoms with Crippen LogP contribution in [-0.4, -0.2) is 64.7 Å². The van der Waals surface area contributed by atoms with Crippen LogP contribution in [0.3, 0.4) is 0 Å². The van der Waals surface area contributed by atoms with Gasteiger partial charge in [0, 0.05) is 45.0 Å². The molecule has 1 saturated heterocycles. The Morgan fingerprint density at radius 2 is 1.76 bits per heavy atom. The van der Waals surface area contributed by atoms with E-state index in [2.05, 4.69) is 15.2 Å². The highest BCUT2D eigenvalue weighted by molar-refractivity contribution is 5.77. The van der Waals surface area contributed by atoms with E-state index >= 15 is 0 Å². The minimum absolute atomic E-state index is 0.0250. The number of hydrogen-bond donors (Lipinski definition) is 4. The number of nitrogens with zero attached hydrogens (tertiary/aromatic N) is 4. The number of aliphatic hydroxyl groups is 2. The van der Waals surface area contributed by atoms with Crippen molar-refractivity contribution in [1.82, 2.24) is 9.88 Å². The second-order valence-electron chi connectivity index (χ2n) is 9.31. The molecule has 0 amide bonds. The van der Waals surface area contributed by atoms with Gasteiger partial charge in [-0.15, -0.1) is 0 Å². The molecule has 0 bridgehead atoms. The molecule has 3 unspecified atom stereocenters. The summed E-state index contributed by atoms with van der Waals surface area (Å²) in [5.74, 6) is 0.779. The van der Waals surface area contributed by atoms with Crippen molar-refractivity contribution in [1.29, 1.82) is 0 Å². The average Bonchev–Trinajstić information content (AvgIpc) is 3.23. The zero-order valence-electron chi connectivity index (χ0n) is 20.1. The molecule has 0 aliphatic carbocycles. The first-order valence-corrected chi connectivity index (χ1v) is 11.9. The van der Waals surface area contributed by atoms with Gasteiger partial charge in [0.25, 0.3) is 0 Å². The van der Waals surface area contributed by atoms with Crippen LogP contribution in [0.4, 0.5) is 30.4 Å². The number of aromatic hydroxyl groups is 1. The summed E-state index contributed by atoms with van der Waals surface area (Å²) in [7, 11) is 1.74. The number of halogens is 3. The van der Waals surface area contributed by atoms with Gasteiger partial charge in [-0.05, 0) is 48.0 Å². The second-order valence-corrected chi connectivity index (χ2v) is 9.31. The van der Waals surface area contributed by atoms with Gasteiger partial charge >= 0.3 is 6.18 Å². The maximum absolute atomic E-state index is 13.1. The van der Waals surface area contributed by atoms with Crippen LogP contribution in [0.2, 0.25) is 0 Å². The Labute approximate surface area is 212 Å². The second kappa shape index (κ2) is 9.73. The SMILES string of the molecule is CN1c2cc(C(F)(F)F)ccc2NC1c1ccc(N2CCN(C(O)C(O)c3cccc(O)c3)CC2)nc1. The first-order valence-electron chi connectivity index (χ1n) is 11.9. The van der Waals surface area contributed by atoms with Crippen LogP contribution in [0.1, 0.15) is 29.0 Å². The third-order valence-electron chi connectivity index (χ3n) is 6.98. The van der Waals surface area contributed by atoms with E-state index in [4.69, 9.17) is 0 Å². The monoisotopic (exact) mass is 515 g/mol. The van der Waals surface area contributed by atoms with Crippen molar-refractivity contribution in [3.8, 4) is 5.75 Å². The van der Waals surface area contributed by atoms with Crippen LogP contribution >= 0.6 is 0 Å². The molecule has 5 rings (SSSR count). The summed E-state index contributed by atoms with van der Waals surface area (Å²) >= 11 is 0. The maximum atomic E-state index is 13.1. The molecular weight excluding hydrogens is 487 g/mol. The fourth-order valence-electron chi connectivity index (χ4n) is 4.85. The number of nitrogens with one attached hydrogen (secondary N) is 1. The molecule has 3 atom stereocenters. The molecule has 2 aliphatic heterocycles. The molecular formula is C26H28F3N5O3. The Bertz CT molecular complexity index is 1250. The third kappa shape index (κ3) is 5.02. The number of aromatic nitrogens is 1. The summed E-state index contributed by atoms with van der Waals surface area (Å²) < 4.78 is 39.4. The largest absolute Gasteiger partial charge is 0.508 e. The summed E-state index contributed by atoms with van der Waals surface area (Å²) in [6, 6.07) is 13.6. The predicted molar refractivity (Wildman–Crippen MR) is 133 cm³/mol. The predicted octanol–water partition coefficient (Wildman–Crippen LogP) is 3.54. The molecule has 0 saturated carbocycles. The highest BCUT2D eigenvalue weighted by Gasteiger charge is 2.35. The van der Waals surface area contributed by atoms with Crippen molar-refractivity contribution in [2.75, 3.05) is 48.3 Å². The number of benzene rings is 2. The van der Waals surface area contributed by atoms with Crippen LogP contribution < -0.4 is 15.1 Å². The normalized spacial score (nSPS) is 19.9. The number of rotatable bonds is 5. The Balaban J connectivity index is 1.20. The average molecular weight is 516 g/mol. The molecule has 3 heterocycles. The molecule has 1 fully saturated rings. The van der Waals surface area contributed by atoms with Gasteiger partial charge in [-0.1, -0.05) is 12.1 Å². The Morgan fingerprint density at radius 3 is 2.41 bits per heavy atom. The Morgan fingerprint density at radius 1 is 1.00 bits per heavy atom. The minimum atomic E-state index is -4.40. The summed E-state index contributed by atoms with van der Waals surface area (Å²) in [6.45, 7) is 2.18. The molecule has 1 aromatic heterocycles. The first kappa shape index (κ1) is 25.1. The van der Waals surface area contributed by atoms with Gasteiger partial charge in [-0.2, -0.15) is 13.2 Å². The number of hydrogen-bond acceptors (Lipinski definition) is 8. The van der Waals surface area contributed by atoms with E-state index in [9.17, 15) is 28.5 Å². The molecule has 196 valence electrons. The molecule has 11 heteroatoms. The van der Waals surface area contributed by atoms with Crippen molar-refractivity contribution in [2.45, 2.75) is 24.7 Å². The fraction of sp³-hybridized carbons (Fsp3) is 0.346. The number of alkyl halides is 3. The van der Waals surface area contributed by atoms with Crippen molar-refractivity contribution in [3.05, 3.63) is 77.5 Å². The van der Waals surface area contributed by atoms with Gasteiger partial charge in [-0.3, -0.25) is 4.90 Å². The van der Waals surface area contributed by atoms with Gasteiger partial charge in [0.05, 0.1) is 16.9 Å². The lowest BCUT2D eigenvalue weighted by Gasteiger charge is -2.39. The van der Waals surface area contributed by atoms with E-state index in [1.54, 1.807) is 35.2 Å². The van der Waals surface area contributed by atoms with Crippen molar-refractivity contribution >= 4 is 17.2 Å². The zero-order chi connectivity index (χ0) is 26.3. The molecule has 4 N–H and O–H groups in total. The number of anilines is 3. The number of pyridine rings is 1. The van der Waals surface area contributed by atoms with Crippen LogP contribution in [0.15, 0.2) is 60.8 Å². The highest BCUT2D eigenvalue weighted by atomic mass is 19.4. The molecule has 0 spiro atoms. The van der Waals surface area contributed by atoms with Crippen LogP contribution in [0, 0.1) is 0 Å². The van der Waals surface area contributed by atoms with E-state index in [-0.39, 0.29) is 11.9 Å². The first-order chi connectivity index (χ1) is 17.6. The smallest absolute Gasteiger partial charge is 0.416 e. The van der Waals surface area contributed by atoms with Crippen LogP contribution in [0.25, 0.3) is 0 Å². The summed E-state index contributed by atoms with van der Waals surface area (Å²) in [6.07, 6.45) is -5.29. The number of piperazine rings is 1. The Hall–Kier alpha value is -3.54. The number of phenolic OH excluding ortho intramolecular Hbond substituents is 1. The Kier molecular flexibility index (Phi) is 6.61. The number of aliphatic hydroxyl groups excluding tert-OH is 2. The fourth-order valence-corrected chi connectivity index (χ4v) is 4.85. The van der Waals surface area contributed by atoms with Crippen LogP contribution in [0.5, 0.6) is 5.75 Å². The minimum Gasteiger partial charge on any atom is -0.508 e. The summed E-state index contributed by atoms with van der Waals surface area (Å²) in [4.78, 5) is 10.2. The van der Waals surface area contributed by atoms with E-state index in [1.807, 2.05) is 12.1 Å². The standard InChI is InChI=1S/C26H28F3N5O3/c1-32-21-14-18(26(27,28)29)6-7-20(21)31-24(32)17-5-8-22(30-15-17)33-9-11-34(12-10-33)25(37)23(36)16-3-2-4-19(35)13-16/h2-8,13-15,23-25,31,35-37H,9-12H2,1H3. The van der Waals surface area contributed by atoms with E-state index < -0.39 is 24.1 Å². The number of phenols is 1. The quantitative estimate of drug-likeness (QED) is 0.410. The number of fused-ring (bicyclic) bond motifs is 1. The molecule has 0 radical (unpaired) electrons. The van der Waals surface area contributed by atoms with Gasteiger partial charge in [0.2, 0.25) is 0 Å². The van der Waals surface area contributed by atoms with Gasteiger partial charge < -0.3 is 30.4 Å². The van der Waals surface area contributed by atoms with Gasteiger partial charge in [0.1, 0.15) is 30.1 Å². The lowest BCUT2D eigenvalue weighted by atomic mass is 10.1. The summed E-state index contributed by atoms with van der Waals surface area (Å²) in [5.41, 5.74) is 1.68. The molecule has 37 heavy (non-hydrogen) atoms. The topological polar surface area (TPSA) is 95.3 Å².